The molecule has 2 heterocycles. The maximum Gasteiger partial charge on any atom is 0.227 e. The Morgan fingerprint density at radius 1 is 1.23 bits per heavy atom. The summed E-state index contributed by atoms with van der Waals surface area (Å²) >= 11 is 6.13. The maximum absolute atomic E-state index is 12.5. The Morgan fingerprint density at radius 2 is 1.91 bits per heavy atom. The fraction of sp³-hybridized carbons (Fsp3) is 0.529. The second kappa shape index (κ2) is 5.92. The maximum atomic E-state index is 12.5. The zero-order valence-electron chi connectivity index (χ0n) is 12.8. The molecule has 0 bridgehead atoms. The SMILES string of the molecule is CN1C(=O)CCC12CCN(C(=O)Cc1ccccc1Cl)CC2. The number of amides is 2. The van der Waals surface area contributed by atoms with Gasteiger partial charge in [0.15, 0.2) is 0 Å². The van der Waals surface area contributed by atoms with Gasteiger partial charge in [-0.3, -0.25) is 9.59 Å². The van der Waals surface area contributed by atoms with E-state index in [1.807, 2.05) is 41.1 Å². The average Bonchev–Trinajstić information content (AvgIpc) is 2.79. The molecule has 1 aromatic carbocycles. The molecule has 3 rings (SSSR count). The van der Waals surface area contributed by atoms with Crippen LogP contribution in [0, 0.1) is 0 Å². The Bertz CT molecular complexity index is 594. The lowest BCUT2D eigenvalue weighted by Crippen LogP contribution is -2.53. The standard InChI is InChI=1S/C17H21ClN2O2/c1-19-15(21)6-7-17(19)8-10-20(11-9-17)16(22)12-13-4-2-3-5-14(13)18/h2-5H,6-12H2,1H3. The molecule has 2 aliphatic rings. The van der Waals surface area contributed by atoms with E-state index in [4.69, 9.17) is 11.6 Å². The third-order valence-electron chi connectivity index (χ3n) is 5.24. The van der Waals surface area contributed by atoms with E-state index in [1.165, 1.54) is 0 Å². The second-order valence-electron chi connectivity index (χ2n) is 6.33. The Hall–Kier alpha value is -1.55. The molecule has 0 atom stereocenters. The first-order valence-electron chi connectivity index (χ1n) is 7.80. The van der Waals surface area contributed by atoms with Crippen LogP contribution in [0.4, 0.5) is 0 Å². The Kier molecular flexibility index (Phi) is 4.13. The van der Waals surface area contributed by atoms with Crippen LogP contribution in [-0.2, 0) is 16.0 Å². The van der Waals surface area contributed by atoms with Gasteiger partial charge in [-0.15, -0.1) is 0 Å². The monoisotopic (exact) mass is 320 g/mol. The number of hydrogen-bond donors (Lipinski definition) is 0. The average molecular weight is 321 g/mol. The fourth-order valence-electron chi connectivity index (χ4n) is 3.61. The van der Waals surface area contributed by atoms with E-state index < -0.39 is 0 Å². The molecule has 22 heavy (non-hydrogen) atoms. The third-order valence-corrected chi connectivity index (χ3v) is 5.60. The van der Waals surface area contributed by atoms with Crippen molar-refractivity contribution < 1.29 is 9.59 Å². The van der Waals surface area contributed by atoms with Crippen LogP contribution in [0.1, 0.15) is 31.2 Å². The van der Waals surface area contributed by atoms with Crippen molar-refractivity contribution in [2.24, 2.45) is 0 Å². The molecule has 1 aromatic rings. The molecule has 0 aliphatic carbocycles. The first-order valence-corrected chi connectivity index (χ1v) is 8.17. The molecule has 4 nitrogen and oxygen atoms in total. The number of carbonyl (C=O) groups is 2. The molecule has 2 saturated heterocycles. The lowest BCUT2D eigenvalue weighted by molar-refractivity contribution is -0.135. The molecule has 0 aromatic heterocycles. The molecule has 0 radical (unpaired) electrons. The summed E-state index contributed by atoms with van der Waals surface area (Å²) in [5.74, 6) is 0.353. The third kappa shape index (κ3) is 2.72. The smallest absolute Gasteiger partial charge is 0.227 e. The first kappa shape index (κ1) is 15.3. The summed E-state index contributed by atoms with van der Waals surface area (Å²) in [5.41, 5.74) is 0.862. The molecule has 2 fully saturated rings. The van der Waals surface area contributed by atoms with Gasteiger partial charge in [0.2, 0.25) is 11.8 Å². The van der Waals surface area contributed by atoms with Crippen molar-refractivity contribution >= 4 is 23.4 Å². The Labute approximate surface area is 136 Å². The van der Waals surface area contributed by atoms with Crippen LogP contribution in [0.2, 0.25) is 5.02 Å². The zero-order chi connectivity index (χ0) is 15.7. The Morgan fingerprint density at radius 3 is 2.50 bits per heavy atom. The highest BCUT2D eigenvalue weighted by Crippen LogP contribution is 2.38. The Balaban J connectivity index is 1.61. The van der Waals surface area contributed by atoms with Crippen molar-refractivity contribution in [3.05, 3.63) is 34.9 Å². The number of halogens is 1. The minimum Gasteiger partial charge on any atom is -0.342 e. The van der Waals surface area contributed by atoms with Gasteiger partial charge >= 0.3 is 0 Å². The number of likely N-dealkylation sites (tertiary alicyclic amines) is 2. The van der Waals surface area contributed by atoms with Crippen LogP contribution >= 0.6 is 11.6 Å². The molecular formula is C17H21ClN2O2. The summed E-state index contributed by atoms with van der Waals surface area (Å²) < 4.78 is 0. The number of hydrogen-bond acceptors (Lipinski definition) is 2. The van der Waals surface area contributed by atoms with Crippen molar-refractivity contribution in [2.75, 3.05) is 20.1 Å². The van der Waals surface area contributed by atoms with Gasteiger partial charge in [-0.05, 0) is 30.9 Å². The van der Waals surface area contributed by atoms with Crippen LogP contribution in [0.25, 0.3) is 0 Å². The second-order valence-corrected chi connectivity index (χ2v) is 6.73. The summed E-state index contributed by atoms with van der Waals surface area (Å²) in [4.78, 5) is 28.0. The fourth-order valence-corrected chi connectivity index (χ4v) is 3.82. The van der Waals surface area contributed by atoms with Gasteiger partial charge in [-0.1, -0.05) is 29.8 Å². The van der Waals surface area contributed by atoms with E-state index in [9.17, 15) is 9.59 Å². The van der Waals surface area contributed by atoms with Gasteiger partial charge in [-0.2, -0.15) is 0 Å². The van der Waals surface area contributed by atoms with E-state index >= 15 is 0 Å². The first-order chi connectivity index (χ1) is 10.5. The number of piperidine rings is 1. The topological polar surface area (TPSA) is 40.6 Å². The van der Waals surface area contributed by atoms with E-state index in [0.717, 1.165) is 37.9 Å². The minimum absolute atomic E-state index is 0.0156. The van der Waals surface area contributed by atoms with E-state index in [2.05, 4.69) is 0 Å². The molecular weight excluding hydrogens is 300 g/mol. The highest BCUT2D eigenvalue weighted by atomic mass is 35.5. The van der Waals surface area contributed by atoms with Gasteiger partial charge < -0.3 is 9.80 Å². The van der Waals surface area contributed by atoms with Crippen molar-refractivity contribution in [3.8, 4) is 0 Å². The normalized spacial score (nSPS) is 20.7. The minimum atomic E-state index is -0.0156. The molecule has 2 aliphatic heterocycles. The van der Waals surface area contributed by atoms with Crippen molar-refractivity contribution in [2.45, 2.75) is 37.6 Å². The number of carbonyl (C=O) groups excluding carboxylic acids is 2. The quantitative estimate of drug-likeness (QED) is 0.840. The summed E-state index contributed by atoms with van der Waals surface area (Å²) in [6.45, 7) is 1.45. The van der Waals surface area contributed by atoms with Crippen LogP contribution in [0.3, 0.4) is 0 Å². The molecule has 118 valence electrons. The predicted octanol–water partition coefficient (Wildman–Crippen LogP) is 2.50. The van der Waals surface area contributed by atoms with Crippen molar-refractivity contribution in [3.63, 3.8) is 0 Å². The van der Waals surface area contributed by atoms with Gasteiger partial charge in [0, 0.05) is 37.1 Å². The summed E-state index contributed by atoms with van der Waals surface area (Å²) in [5, 5.41) is 0.644. The van der Waals surface area contributed by atoms with E-state index in [-0.39, 0.29) is 17.4 Å². The van der Waals surface area contributed by atoms with E-state index in [1.54, 1.807) is 0 Å². The van der Waals surface area contributed by atoms with Gasteiger partial charge in [0.05, 0.1) is 6.42 Å². The number of rotatable bonds is 2. The lowest BCUT2D eigenvalue weighted by Gasteiger charge is -2.43. The zero-order valence-corrected chi connectivity index (χ0v) is 13.6. The van der Waals surface area contributed by atoms with Crippen LogP contribution < -0.4 is 0 Å². The lowest BCUT2D eigenvalue weighted by atomic mass is 9.85. The van der Waals surface area contributed by atoms with Crippen LogP contribution in [0.5, 0.6) is 0 Å². The molecule has 2 amide bonds. The van der Waals surface area contributed by atoms with Crippen molar-refractivity contribution in [1.29, 1.82) is 0 Å². The van der Waals surface area contributed by atoms with Crippen LogP contribution in [-0.4, -0.2) is 47.3 Å². The largest absolute Gasteiger partial charge is 0.342 e. The highest BCUT2D eigenvalue weighted by Gasteiger charge is 2.45. The van der Waals surface area contributed by atoms with Gasteiger partial charge in [0.25, 0.3) is 0 Å². The summed E-state index contributed by atoms with van der Waals surface area (Å²) in [7, 11) is 1.90. The molecule has 1 spiro atoms. The van der Waals surface area contributed by atoms with Crippen LogP contribution in [0.15, 0.2) is 24.3 Å². The highest BCUT2D eigenvalue weighted by molar-refractivity contribution is 6.31. The van der Waals surface area contributed by atoms with Gasteiger partial charge in [-0.25, -0.2) is 0 Å². The summed E-state index contributed by atoms with van der Waals surface area (Å²) in [6.07, 6.45) is 3.67. The molecule has 0 N–H and O–H groups in total. The van der Waals surface area contributed by atoms with Gasteiger partial charge in [0.1, 0.15) is 0 Å². The molecule has 5 heteroatoms. The number of nitrogens with zero attached hydrogens (tertiary/aromatic N) is 2. The van der Waals surface area contributed by atoms with E-state index in [0.29, 0.717) is 17.9 Å². The molecule has 0 unspecified atom stereocenters. The van der Waals surface area contributed by atoms with Crippen molar-refractivity contribution in [1.82, 2.24) is 9.80 Å². The number of benzene rings is 1. The molecule has 0 saturated carbocycles. The predicted molar refractivity (Wildman–Crippen MR) is 85.7 cm³/mol. The summed E-state index contributed by atoms with van der Waals surface area (Å²) in [6, 6.07) is 7.48.